The van der Waals surface area contributed by atoms with Gasteiger partial charge in [0.05, 0.1) is 0 Å². The molecule has 1 aromatic carbocycles. The molecular formula is C17H27BrO. The summed E-state index contributed by atoms with van der Waals surface area (Å²) >= 11 is 3.56. The molecule has 0 amide bonds. The van der Waals surface area contributed by atoms with E-state index in [1.807, 2.05) is 0 Å². The minimum atomic E-state index is -0.0495. The smallest absolute Gasteiger partial charge is 0.123 e. The molecule has 2 heteroatoms. The van der Waals surface area contributed by atoms with Crippen LogP contribution in [0.3, 0.4) is 0 Å². The lowest BCUT2D eigenvalue weighted by atomic mass is 9.77. The lowest BCUT2D eigenvalue weighted by molar-refractivity contribution is 0.422. The summed E-state index contributed by atoms with van der Waals surface area (Å²) < 4.78 is 0. The summed E-state index contributed by atoms with van der Waals surface area (Å²) in [6, 6.07) is 4.33. The summed E-state index contributed by atoms with van der Waals surface area (Å²) in [6.07, 6.45) is 0. The van der Waals surface area contributed by atoms with Gasteiger partial charge in [0.15, 0.2) is 0 Å². The molecule has 1 N–H and O–H groups in total. The monoisotopic (exact) mass is 326 g/mol. The topological polar surface area (TPSA) is 20.2 Å². The zero-order valence-corrected chi connectivity index (χ0v) is 14.9. The molecule has 1 nitrogen and oxygen atoms in total. The fourth-order valence-corrected chi connectivity index (χ4v) is 2.55. The Bertz CT molecular complexity index is 414. The first-order valence-corrected chi connectivity index (χ1v) is 8.04. The van der Waals surface area contributed by atoms with Crippen LogP contribution in [-0.4, -0.2) is 10.4 Å². The van der Waals surface area contributed by atoms with Crippen molar-refractivity contribution >= 4 is 15.9 Å². The van der Waals surface area contributed by atoms with Crippen molar-refractivity contribution in [2.24, 2.45) is 0 Å². The van der Waals surface area contributed by atoms with Gasteiger partial charge in [-0.3, -0.25) is 0 Å². The first kappa shape index (κ1) is 16.6. The lowest BCUT2D eigenvalue weighted by Gasteiger charge is -2.29. The van der Waals surface area contributed by atoms with Crippen LogP contribution in [0.25, 0.3) is 0 Å². The fraction of sp³-hybridized carbons (Fsp3) is 0.647. The number of hydrogen-bond acceptors (Lipinski definition) is 1. The first-order chi connectivity index (χ1) is 8.48. The number of hydrogen-bond donors (Lipinski definition) is 1. The zero-order chi connectivity index (χ0) is 15.0. The average molecular weight is 327 g/mol. The second-order valence-corrected chi connectivity index (χ2v) is 8.17. The molecule has 0 spiro atoms. The maximum atomic E-state index is 10.6. The third-order valence-electron chi connectivity index (χ3n) is 3.55. The fourth-order valence-electron chi connectivity index (χ4n) is 2.17. The van der Waals surface area contributed by atoms with Gasteiger partial charge in [-0.15, -0.1) is 0 Å². The quantitative estimate of drug-likeness (QED) is 0.713. The van der Waals surface area contributed by atoms with E-state index >= 15 is 0 Å². The Morgan fingerprint density at radius 2 is 1.37 bits per heavy atom. The van der Waals surface area contributed by atoms with Crippen molar-refractivity contribution < 1.29 is 5.11 Å². The lowest BCUT2D eigenvalue weighted by Crippen LogP contribution is -2.18. The minimum absolute atomic E-state index is 0.0495. The van der Waals surface area contributed by atoms with Crippen LogP contribution in [0.1, 0.15) is 71.1 Å². The maximum Gasteiger partial charge on any atom is 0.123 e. The summed E-state index contributed by atoms with van der Waals surface area (Å²) in [6.45, 7) is 15.1. The normalized spacial score (nSPS) is 14.5. The van der Waals surface area contributed by atoms with E-state index in [0.29, 0.717) is 11.7 Å². The first-order valence-electron chi connectivity index (χ1n) is 6.92. The molecule has 0 fully saturated rings. The molecule has 19 heavy (non-hydrogen) atoms. The van der Waals surface area contributed by atoms with E-state index in [1.54, 1.807) is 0 Å². The van der Waals surface area contributed by atoms with Crippen LogP contribution in [-0.2, 0) is 10.8 Å². The van der Waals surface area contributed by atoms with Crippen molar-refractivity contribution in [1.29, 1.82) is 0 Å². The number of halogens is 1. The Hall–Kier alpha value is -0.500. The molecule has 0 aliphatic rings. The molecule has 0 aromatic heterocycles. The van der Waals surface area contributed by atoms with E-state index in [2.05, 4.69) is 76.5 Å². The molecular weight excluding hydrogens is 300 g/mol. The van der Waals surface area contributed by atoms with Crippen molar-refractivity contribution in [2.75, 3.05) is 5.33 Å². The van der Waals surface area contributed by atoms with Gasteiger partial charge in [-0.05, 0) is 33.4 Å². The number of benzene rings is 1. The molecule has 0 aliphatic carbocycles. The standard InChI is InChI=1S/C17H27BrO/c1-11(10-18)12-8-13(16(2,3)4)15(19)14(9-12)17(5,6)7/h8-9,11,19H,10H2,1-7H3. The highest BCUT2D eigenvalue weighted by Crippen LogP contribution is 2.41. The van der Waals surface area contributed by atoms with Gasteiger partial charge < -0.3 is 5.11 Å². The van der Waals surface area contributed by atoms with Gasteiger partial charge in [-0.1, -0.05) is 76.5 Å². The summed E-state index contributed by atoms with van der Waals surface area (Å²) in [5.74, 6) is 0.910. The molecule has 0 bridgehead atoms. The molecule has 1 aromatic rings. The van der Waals surface area contributed by atoms with Crippen LogP contribution in [0.5, 0.6) is 5.75 Å². The summed E-state index contributed by atoms with van der Waals surface area (Å²) in [7, 11) is 0. The number of phenolic OH excluding ortho intramolecular Hbond substituents is 1. The van der Waals surface area contributed by atoms with E-state index < -0.39 is 0 Å². The number of phenols is 1. The van der Waals surface area contributed by atoms with Gasteiger partial charge >= 0.3 is 0 Å². The van der Waals surface area contributed by atoms with Crippen molar-refractivity contribution in [3.05, 3.63) is 28.8 Å². The van der Waals surface area contributed by atoms with Crippen molar-refractivity contribution in [3.63, 3.8) is 0 Å². The van der Waals surface area contributed by atoms with Gasteiger partial charge in [-0.25, -0.2) is 0 Å². The van der Waals surface area contributed by atoms with Crippen LogP contribution in [0, 0.1) is 0 Å². The Morgan fingerprint density at radius 1 is 1.00 bits per heavy atom. The molecule has 0 saturated carbocycles. The zero-order valence-electron chi connectivity index (χ0n) is 13.3. The molecule has 0 radical (unpaired) electrons. The highest BCUT2D eigenvalue weighted by molar-refractivity contribution is 9.09. The molecule has 108 valence electrons. The molecule has 0 heterocycles. The van der Waals surface area contributed by atoms with E-state index in [9.17, 15) is 5.11 Å². The summed E-state index contributed by atoms with van der Waals surface area (Å²) in [4.78, 5) is 0. The Labute approximate surface area is 126 Å². The van der Waals surface area contributed by atoms with E-state index in [4.69, 9.17) is 0 Å². The highest BCUT2D eigenvalue weighted by Gasteiger charge is 2.27. The minimum Gasteiger partial charge on any atom is -0.507 e. The Kier molecular flexibility index (Phi) is 4.77. The van der Waals surface area contributed by atoms with E-state index in [-0.39, 0.29) is 10.8 Å². The summed E-state index contributed by atoms with van der Waals surface area (Å²) in [5.41, 5.74) is 3.29. The van der Waals surface area contributed by atoms with Crippen LogP contribution in [0.15, 0.2) is 12.1 Å². The largest absolute Gasteiger partial charge is 0.507 e. The molecule has 0 saturated heterocycles. The van der Waals surface area contributed by atoms with Crippen LogP contribution >= 0.6 is 15.9 Å². The third-order valence-corrected chi connectivity index (χ3v) is 4.52. The number of aromatic hydroxyl groups is 1. The van der Waals surface area contributed by atoms with Gasteiger partial charge in [0.25, 0.3) is 0 Å². The van der Waals surface area contributed by atoms with Gasteiger partial charge in [0, 0.05) is 5.33 Å². The average Bonchev–Trinajstić information content (AvgIpc) is 2.25. The van der Waals surface area contributed by atoms with Crippen LogP contribution < -0.4 is 0 Å². The van der Waals surface area contributed by atoms with Gasteiger partial charge in [0.2, 0.25) is 0 Å². The second-order valence-electron chi connectivity index (χ2n) is 7.52. The number of rotatable bonds is 2. The van der Waals surface area contributed by atoms with E-state index in [0.717, 1.165) is 16.5 Å². The maximum absolute atomic E-state index is 10.6. The molecule has 1 unspecified atom stereocenters. The van der Waals surface area contributed by atoms with Crippen molar-refractivity contribution in [1.82, 2.24) is 0 Å². The van der Waals surface area contributed by atoms with E-state index in [1.165, 1.54) is 5.56 Å². The molecule has 1 rings (SSSR count). The molecule has 0 aliphatic heterocycles. The Balaban J connectivity index is 3.57. The van der Waals surface area contributed by atoms with Crippen LogP contribution in [0.4, 0.5) is 0 Å². The van der Waals surface area contributed by atoms with Crippen LogP contribution in [0.2, 0.25) is 0 Å². The predicted molar refractivity (Wildman–Crippen MR) is 87.7 cm³/mol. The highest BCUT2D eigenvalue weighted by atomic mass is 79.9. The second kappa shape index (κ2) is 5.47. The number of alkyl halides is 1. The molecule has 1 atom stereocenters. The van der Waals surface area contributed by atoms with Gasteiger partial charge in [0.1, 0.15) is 5.75 Å². The predicted octanol–water partition coefficient (Wildman–Crippen LogP) is 5.49. The van der Waals surface area contributed by atoms with Crippen molar-refractivity contribution in [2.45, 2.75) is 65.2 Å². The third kappa shape index (κ3) is 3.75. The Morgan fingerprint density at radius 3 is 1.63 bits per heavy atom. The summed E-state index contributed by atoms with van der Waals surface area (Å²) in [5, 5.41) is 11.6. The van der Waals surface area contributed by atoms with Gasteiger partial charge in [-0.2, -0.15) is 0 Å². The SMILES string of the molecule is CC(CBr)c1cc(C(C)(C)C)c(O)c(C(C)(C)C)c1. The van der Waals surface area contributed by atoms with Crippen molar-refractivity contribution in [3.8, 4) is 5.75 Å².